The lowest BCUT2D eigenvalue weighted by atomic mass is 9.96. The zero-order valence-electron chi connectivity index (χ0n) is 10.7. The summed E-state index contributed by atoms with van der Waals surface area (Å²) in [5.74, 6) is 5.43. The molecule has 0 aliphatic carbocycles. The van der Waals surface area contributed by atoms with Gasteiger partial charge < -0.3 is 0 Å². The van der Waals surface area contributed by atoms with E-state index < -0.39 is 0 Å². The molecule has 1 atom stereocenters. The van der Waals surface area contributed by atoms with Gasteiger partial charge in [0.05, 0.1) is 6.04 Å². The molecule has 0 saturated heterocycles. The van der Waals surface area contributed by atoms with Gasteiger partial charge in [0.1, 0.15) is 5.82 Å². The van der Waals surface area contributed by atoms with Gasteiger partial charge >= 0.3 is 0 Å². The summed E-state index contributed by atoms with van der Waals surface area (Å²) < 4.78 is 14.7. The summed E-state index contributed by atoms with van der Waals surface area (Å²) >= 11 is 3.43. The molecule has 0 aromatic heterocycles. The third-order valence-electron chi connectivity index (χ3n) is 3.19. The lowest BCUT2D eigenvalue weighted by molar-refractivity contribution is 0.527. The van der Waals surface area contributed by atoms with E-state index in [-0.39, 0.29) is 11.9 Å². The van der Waals surface area contributed by atoms with Gasteiger partial charge in [-0.3, -0.25) is 11.3 Å². The van der Waals surface area contributed by atoms with Gasteiger partial charge in [-0.2, -0.15) is 0 Å². The van der Waals surface area contributed by atoms with Crippen LogP contribution in [0.2, 0.25) is 0 Å². The summed E-state index contributed by atoms with van der Waals surface area (Å²) in [6.07, 6.45) is 0.519. The number of aryl methyl sites for hydroxylation is 1. The number of nitrogens with two attached hydrogens (primary N) is 1. The minimum absolute atomic E-state index is 0.106. The molecule has 0 spiro atoms. The molecule has 0 fully saturated rings. The van der Waals surface area contributed by atoms with Gasteiger partial charge in [0.15, 0.2) is 0 Å². The first-order valence-corrected chi connectivity index (χ1v) is 6.86. The Morgan fingerprint density at radius 2 is 2.00 bits per heavy atom. The maximum absolute atomic E-state index is 13.7. The number of halogens is 2. The van der Waals surface area contributed by atoms with Crippen molar-refractivity contribution in [2.24, 2.45) is 5.84 Å². The first-order chi connectivity index (χ1) is 9.11. The standard InChI is InChI=1S/C15H16BrFN2/c1-10-8-12(16)6-7-13(10)15(19-18)9-11-4-2-3-5-14(11)17/h2-8,15,19H,9,18H2,1H3. The van der Waals surface area contributed by atoms with E-state index in [1.807, 2.05) is 31.2 Å². The molecular weight excluding hydrogens is 307 g/mol. The van der Waals surface area contributed by atoms with Gasteiger partial charge in [0.2, 0.25) is 0 Å². The van der Waals surface area contributed by atoms with Gasteiger partial charge in [-0.05, 0) is 48.2 Å². The monoisotopic (exact) mass is 322 g/mol. The second kappa shape index (κ2) is 6.28. The number of hydrazine groups is 1. The van der Waals surface area contributed by atoms with E-state index in [1.165, 1.54) is 6.07 Å². The number of hydrogen-bond acceptors (Lipinski definition) is 2. The predicted octanol–water partition coefficient (Wildman–Crippen LogP) is 3.64. The van der Waals surface area contributed by atoms with Crippen molar-refractivity contribution in [1.82, 2.24) is 5.43 Å². The Kier molecular flexibility index (Phi) is 4.69. The fraction of sp³-hybridized carbons (Fsp3) is 0.200. The number of nitrogens with one attached hydrogen (secondary N) is 1. The van der Waals surface area contributed by atoms with Crippen LogP contribution in [0.4, 0.5) is 4.39 Å². The lowest BCUT2D eigenvalue weighted by Crippen LogP contribution is -2.30. The van der Waals surface area contributed by atoms with Crippen molar-refractivity contribution >= 4 is 15.9 Å². The molecule has 100 valence electrons. The van der Waals surface area contributed by atoms with Crippen LogP contribution >= 0.6 is 15.9 Å². The van der Waals surface area contributed by atoms with E-state index in [0.717, 1.165) is 15.6 Å². The number of benzene rings is 2. The Morgan fingerprint density at radius 3 is 2.63 bits per heavy atom. The van der Waals surface area contributed by atoms with Crippen LogP contribution in [-0.4, -0.2) is 0 Å². The molecule has 0 heterocycles. The van der Waals surface area contributed by atoms with E-state index in [9.17, 15) is 4.39 Å². The van der Waals surface area contributed by atoms with E-state index in [1.54, 1.807) is 12.1 Å². The molecule has 2 rings (SSSR count). The van der Waals surface area contributed by atoms with Crippen LogP contribution in [0.5, 0.6) is 0 Å². The molecule has 0 amide bonds. The zero-order chi connectivity index (χ0) is 13.8. The van der Waals surface area contributed by atoms with Crippen molar-refractivity contribution in [3.8, 4) is 0 Å². The van der Waals surface area contributed by atoms with Crippen LogP contribution in [0.1, 0.15) is 22.7 Å². The molecule has 0 saturated carbocycles. The largest absolute Gasteiger partial charge is 0.271 e. The summed E-state index contributed by atoms with van der Waals surface area (Å²) in [4.78, 5) is 0. The highest BCUT2D eigenvalue weighted by molar-refractivity contribution is 9.10. The second-order valence-electron chi connectivity index (χ2n) is 4.52. The van der Waals surface area contributed by atoms with E-state index >= 15 is 0 Å². The van der Waals surface area contributed by atoms with E-state index in [0.29, 0.717) is 12.0 Å². The third-order valence-corrected chi connectivity index (χ3v) is 3.68. The van der Waals surface area contributed by atoms with Crippen LogP contribution in [0.15, 0.2) is 46.9 Å². The molecule has 0 radical (unpaired) electrons. The zero-order valence-corrected chi connectivity index (χ0v) is 12.2. The smallest absolute Gasteiger partial charge is 0.126 e. The first-order valence-electron chi connectivity index (χ1n) is 6.07. The molecule has 2 nitrogen and oxygen atoms in total. The van der Waals surface area contributed by atoms with Crippen LogP contribution in [0.3, 0.4) is 0 Å². The van der Waals surface area contributed by atoms with Crippen LogP contribution in [0, 0.1) is 12.7 Å². The Morgan fingerprint density at radius 1 is 1.26 bits per heavy atom. The molecule has 3 N–H and O–H groups in total. The lowest BCUT2D eigenvalue weighted by Gasteiger charge is -2.19. The van der Waals surface area contributed by atoms with Crippen molar-refractivity contribution in [3.63, 3.8) is 0 Å². The normalized spacial score (nSPS) is 12.4. The molecule has 0 aliphatic heterocycles. The fourth-order valence-electron chi connectivity index (χ4n) is 2.17. The predicted molar refractivity (Wildman–Crippen MR) is 79.0 cm³/mol. The number of rotatable bonds is 4. The summed E-state index contributed by atoms with van der Waals surface area (Å²) in [6.45, 7) is 2.02. The fourth-order valence-corrected chi connectivity index (χ4v) is 2.65. The van der Waals surface area contributed by atoms with Crippen molar-refractivity contribution in [1.29, 1.82) is 0 Å². The highest BCUT2D eigenvalue weighted by Crippen LogP contribution is 2.24. The molecule has 0 bridgehead atoms. The van der Waals surface area contributed by atoms with Crippen molar-refractivity contribution in [3.05, 3.63) is 69.4 Å². The quantitative estimate of drug-likeness (QED) is 0.666. The highest BCUT2D eigenvalue weighted by atomic mass is 79.9. The highest BCUT2D eigenvalue weighted by Gasteiger charge is 2.15. The second-order valence-corrected chi connectivity index (χ2v) is 5.43. The maximum atomic E-state index is 13.7. The topological polar surface area (TPSA) is 38.0 Å². The van der Waals surface area contributed by atoms with E-state index in [4.69, 9.17) is 5.84 Å². The van der Waals surface area contributed by atoms with Crippen LogP contribution in [0.25, 0.3) is 0 Å². The first kappa shape index (κ1) is 14.2. The summed E-state index contributed by atoms with van der Waals surface area (Å²) in [5, 5.41) is 0. The van der Waals surface area contributed by atoms with E-state index in [2.05, 4.69) is 21.4 Å². The third kappa shape index (κ3) is 3.41. The summed E-state index contributed by atoms with van der Waals surface area (Å²) in [7, 11) is 0. The van der Waals surface area contributed by atoms with Gasteiger partial charge in [0, 0.05) is 4.47 Å². The van der Waals surface area contributed by atoms with Crippen LogP contribution in [-0.2, 0) is 6.42 Å². The summed E-state index contributed by atoms with van der Waals surface area (Å²) in [6, 6.07) is 12.7. The summed E-state index contributed by atoms with van der Waals surface area (Å²) in [5.41, 5.74) is 5.63. The molecule has 2 aromatic rings. The average molecular weight is 323 g/mol. The van der Waals surface area contributed by atoms with Gasteiger partial charge in [-0.15, -0.1) is 0 Å². The Bertz CT molecular complexity index is 572. The number of hydrogen-bond donors (Lipinski definition) is 2. The molecule has 2 aromatic carbocycles. The Labute approximate surface area is 120 Å². The molecular formula is C15H16BrFN2. The Hall–Kier alpha value is -1.23. The van der Waals surface area contributed by atoms with Gasteiger partial charge in [0.25, 0.3) is 0 Å². The van der Waals surface area contributed by atoms with Gasteiger partial charge in [-0.1, -0.05) is 40.2 Å². The maximum Gasteiger partial charge on any atom is 0.126 e. The molecule has 19 heavy (non-hydrogen) atoms. The van der Waals surface area contributed by atoms with Crippen molar-refractivity contribution < 1.29 is 4.39 Å². The molecule has 1 unspecified atom stereocenters. The van der Waals surface area contributed by atoms with Gasteiger partial charge in [-0.25, -0.2) is 4.39 Å². The van der Waals surface area contributed by atoms with Crippen molar-refractivity contribution in [2.75, 3.05) is 0 Å². The van der Waals surface area contributed by atoms with Crippen molar-refractivity contribution in [2.45, 2.75) is 19.4 Å². The SMILES string of the molecule is Cc1cc(Br)ccc1C(Cc1ccccc1F)NN. The Balaban J connectivity index is 2.28. The average Bonchev–Trinajstić information content (AvgIpc) is 2.39. The van der Waals surface area contributed by atoms with Crippen LogP contribution < -0.4 is 11.3 Å². The minimum atomic E-state index is -0.197. The molecule has 0 aliphatic rings. The molecule has 4 heteroatoms. The minimum Gasteiger partial charge on any atom is -0.271 e.